The van der Waals surface area contributed by atoms with Gasteiger partial charge in [0.05, 0.1) is 5.54 Å². The minimum Gasteiger partial charge on any atom is -0.480 e. The summed E-state index contributed by atoms with van der Waals surface area (Å²) in [6.45, 7) is 1.62. The van der Waals surface area contributed by atoms with E-state index in [1.807, 2.05) is 24.3 Å². The molecule has 0 unspecified atom stereocenters. The monoisotopic (exact) mass is 422 g/mol. The number of carboxylic acid groups (broad SMARTS) is 1. The SMILES string of the molecule is C[C@H](NC(=O)CC1(NC(=O)OCC2c3ccccc3-c3ccccc32)CCC1)C(=O)O. The second kappa shape index (κ2) is 8.41. The molecule has 3 N–H and O–H groups in total. The van der Waals surface area contributed by atoms with Crippen molar-refractivity contribution in [3.63, 3.8) is 0 Å². The van der Waals surface area contributed by atoms with E-state index in [1.165, 1.54) is 6.92 Å². The average molecular weight is 422 g/mol. The van der Waals surface area contributed by atoms with Gasteiger partial charge in [-0.25, -0.2) is 4.79 Å². The molecule has 31 heavy (non-hydrogen) atoms. The molecule has 1 fully saturated rings. The molecule has 0 aromatic heterocycles. The maximum absolute atomic E-state index is 12.6. The highest BCUT2D eigenvalue weighted by Crippen LogP contribution is 2.44. The van der Waals surface area contributed by atoms with Gasteiger partial charge in [0.2, 0.25) is 5.91 Å². The van der Waals surface area contributed by atoms with Crippen LogP contribution in [0, 0.1) is 0 Å². The van der Waals surface area contributed by atoms with Gasteiger partial charge in [0.15, 0.2) is 0 Å². The van der Waals surface area contributed by atoms with Crippen LogP contribution in [0.25, 0.3) is 11.1 Å². The summed E-state index contributed by atoms with van der Waals surface area (Å²) in [5.74, 6) is -1.52. The lowest BCUT2D eigenvalue weighted by atomic mass is 9.74. The van der Waals surface area contributed by atoms with Gasteiger partial charge in [0.1, 0.15) is 12.6 Å². The van der Waals surface area contributed by atoms with Crippen molar-refractivity contribution in [1.82, 2.24) is 10.6 Å². The molecule has 0 heterocycles. The highest BCUT2D eigenvalue weighted by Gasteiger charge is 2.41. The van der Waals surface area contributed by atoms with E-state index in [4.69, 9.17) is 9.84 Å². The zero-order chi connectivity index (χ0) is 22.0. The molecule has 0 bridgehead atoms. The molecule has 2 aromatic rings. The molecule has 0 radical (unpaired) electrons. The number of fused-ring (bicyclic) bond motifs is 3. The van der Waals surface area contributed by atoms with Crippen molar-refractivity contribution >= 4 is 18.0 Å². The van der Waals surface area contributed by atoms with Crippen molar-refractivity contribution in [2.45, 2.75) is 50.1 Å². The first-order valence-corrected chi connectivity index (χ1v) is 10.5. The standard InChI is InChI=1S/C24H26N2O5/c1-15(22(28)29)25-21(27)13-24(11-6-12-24)26-23(30)31-14-20-18-9-4-2-7-16(18)17-8-3-5-10-19(17)20/h2-5,7-10,15,20H,6,11-14H2,1H3,(H,25,27)(H,26,30)(H,28,29)/t15-/m0/s1. The summed E-state index contributed by atoms with van der Waals surface area (Å²) in [4.78, 5) is 35.8. The first kappa shape index (κ1) is 20.9. The third kappa shape index (κ3) is 4.26. The van der Waals surface area contributed by atoms with Crippen LogP contribution >= 0.6 is 0 Å². The summed E-state index contributed by atoms with van der Waals surface area (Å²) in [5, 5.41) is 14.3. The zero-order valence-corrected chi connectivity index (χ0v) is 17.4. The summed E-state index contributed by atoms with van der Waals surface area (Å²) < 4.78 is 5.60. The lowest BCUT2D eigenvalue weighted by Gasteiger charge is -2.41. The molecule has 1 saturated carbocycles. The highest BCUT2D eigenvalue weighted by molar-refractivity contribution is 5.84. The Morgan fingerprint density at radius 1 is 1.06 bits per heavy atom. The Bertz CT molecular complexity index is 969. The third-order valence-corrected chi connectivity index (χ3v) is 6.27. The van der Waals surface area contributed by atoms with Crippen molar-refractivity contribution in [3.05, 3.63) is 59.7 Å². The normalized spacial score (nSPS) is 16.9. The number of amides is 2. The molecule has 0 aliphatic heterocycles. The van der Waals surface area contributed by atoms with E-state index in [9.17, 15) is 14.4 Å². The lowest BCUT2D eigenvalue weighted by molar-refractivity contribution is -0.141. The number of carboxylic acids is 1. The molecule has 4 rings (SSSR count). The third-order valence-electron chi connectivity index (χ3n) is 6.27. The number of rotatable bonds is 7. The summed E-state index contributed by atoms with van der Waals surface area (Å²) in [6.07, 6.45) is 1.69. The molecule has 2 amide bonds. The Kier molecular flexibility index (Phi) is 5.67. The fraction of sp³-hybridized carbons (Fsp3) is 0.375. The Balaban J connectivity index is 1.38. The second-order valence-electron chi connectivity index (χ2n) is 8.39. The Morgan fingerprint density at radius 2 is 1.65 bits per heavy atom. The van der Waals surface area contributed by atoms with Crippen LogP contribution in [0.5, 0.6) is 0 Å². The van der Waals surface area contributed by atoms with Crippen LogP contribution in [-0.4, -0.2) is 41.3 Å². The predicted molar refractivity (Wildman–Crippen MR) is 115 cm³/mol. The molecule has 0 saturated heterocycles. The Hall–Kier alpha value is -3.35. The minimum absolute atomic E-state index is 0.0322. The molecule has 7 nitrogen and oxygen atoms in total. The summed E-state index contributed by atoms with van der Waals surface area (Å²) in [6, 6.07) is 15.3. The van der Waals surface area contributed by atoms with Crippen LogP contribution in [0.2, 0.25) is 0 Å². The summed E-state index contributed by atoms with van der Waals surface area (Å²) in [5.41, 5.74) is 3.91. The molecule has 2 aromatic carbocycles. The molecular formula is C24H26N2O5. The number of benzene rings is 2. The zero-order valence-electron chi connectivity index (χ0n) is 17.4. The largest absolute Gasteiger partial charge is 0.480 e. The maximum atomic E-state index is 12.6. The fourth-order valence-corrected chi connectivity index (χ4v) is 4.46. The summed E-state index contributed by atoms with van der Waals surface area (Å²) >= 11 is 0. The quantitative estimate of drug-likeness (QED) is 0.634. The Morgan fingerprint density at radius 3 is 2.16 bits per heavy atom. The van der Waals surface area contributed by atoms with Gasteiger partial charge in [-0.05, 0) is 48.4 Å². The molecule has 1 atom stereocenters. The van der Waals surface area contributed by atoms with Gasteiger partial charge in [-0.1, -0.05) is 48.5 Å². The number of aliphatic carboxylic acids is 1. The number of hydrogen-bond acceptors (Lipinski definition) is 4. The van der Waals surface area contributed by atoms with Crippen LogP contribution in [0.4, 0.5) is 4.79 Å². The summed E-state index contributed by atoms with van der Waals surface area (Å²) in [7, 11) is 0. The maximum Gasteiger partial charge on any atom is 0.407 e. The van der Waals surface area contributed by atoms with Crippen LogP contribution in [0.1, 0.15) is 49.7 Å². The van der Waals surface area contributed by atoms with E-state index in [2.05, 4.69) is 34.9 Å². The van der Waals surface area contributed by atoms with E-state index >= 15 is 0 Å². The predicted octanol–water partition coefficient (Wildman–Crippen LogP) is 3.43. The van der Waals surface area contributed by atoms with Crippen molar-refractivity contribution in [2.24, 2.45) is 0 Å². The van der Waals surface area contributed by atoms with Crippen LogP contribution in [0.3, 0.4) is 0 Å². The van der Waals surface area contributed by atoms with Crippen molar-refractivity contribution in [2.75, 3.05) is 6.61 Å². The first-order chi connectivity index (χ1) is 14.9. The van der Waals surface area contributed by atoms with E-state index in [1.54, 1.807) is 0 Å². The molecule has 162 valence electrons. The molecular weight excluding hydrogens is 396 g/mol. The van der Waals surface area contributed by atoms with Crippen molar-refractivity contribution in [1.29, 1.82) is 0 Å². The van der Waals surface area contributed by atoms with Gasteiger partial charge in [-0.3, -0.25) is 9.59 Å². The number of carbonyl (C=O) groups excluding carboxylic acids is 2. The number of carbonyl (C=O) groups is 3. The average Bonchev–Trinajstić information content (AvgIpc) is 3.04. The minimum atomic E-state index is -1.10. The van der Waals surface area contributed by atoms with E-state index in [0.29, 0.717) is 12.8 Å². The van der Waals surface area contributed by atoms with E-state index in [0.717, 1.165) is 28.7 Å². The van der Waals surface area contributed by atoms with Gasteiger partial charge in [-0.15, -0.1) is 0 Å². The number of nitrogens with one attached hydrogen (secondary N) is 2. The van der Waals surface area contributed by atoms with Gasteiger partial charge in [0, 0.05) is 12.3 Å². The van der Waals surface area contributed by atoms with Gasteiger partial charge < -0.3 is 20.5 Å². The van der Waals surface area contributed by atoms with Gasteiger partial charge >= 0.3 is 12.1 Å². The van der Waals surface area contributed by atoms with E-state index < -0.39 is 29.6 Å². The fourth-order valence-electron chi connectivity index (χ4n) is 4.46. The van der Waals surface area contributed by atoms with Crippen LogP contribution in [0.15, 0.2) is 48.5 Å². The van der Waals surface area contributed by atoms with Gasteiger partial charge in [0.25, 0.3) is 0 Å². The second-order valence-corrected chi connectivity index (χ2v) is 8.39. The number of alkyl carbamates (subject to hydrolysis) is 1. The van der Waals surface area contributed by atoms with Crippen LogP contribution < -0.4 is 10.6 Å². The highest BCUT2D eigenvalue weighted by atomic mass is 16.5. The van der Waals surface area contributed by atoms with Gasteiger partial charge in [-0.2, -0.15) is 0 Å². The number of hydrogen-bond donors (Lipinski definition) is 3. The van der Waals surface area contributed by atoms with Crippen molar-refractivity contribution in [3.8, 4) is 11.1 Å². The van der Waals surface area contributed by atoms with Crippen LogP contribution in [-0.2, 0) is 14.3 Å². The molecule has 2 aliphatic rings. The van der Waals surface area contributed by atoms with E-state index in [-0.39, 0.29) is 18.9 Å². The lowest BCUT2D eigenvalue weighted by Crippen LogP contribution is -2.56. The first-order valence-electron chi connectivity index (χ1n) is 10.5. The van der Waals surface area contributed by atoms with Crippen molar-refractivity contribution < 1.29 is 24.2 Å². The molecule has 7 heteroatoms. The Labute approximate surface area is 180 Å². The topological polar surface area (TPSA) is 105 Å². The number of ether oxygens (including phenoxy) is 1. The molecule has 0 spiro atoms. The smallest absolute Gasteiger partial charge is 0.407 e. The molecule has 2 aliphatic carbocycles.